The summed E-state index contributed by atoms with van der Waals surface area (Å²) < 4.78 is 14.5. The number of benzene rings is 2. The number of para-hydroxylation sites is 1. The standard InChI is InChI=1S/C17H17FN2S/c1-11(13-6-5-7-14(18)10-13)19-12(2)17-20-15-8-3-4-9-16(15)21-17/h3-12,19H,1-2H3. The van der Waals surface area contributed by atoms with Crippen molar-refractivity contribution in [1.82, 2.24) is 10.3 Å². The molecule has 0 bridgehead atoms. The fraction of sp³-hybridized carbons (Fsp3) is 0.235. The summed E-state index contributed by atoms with van der Waals surface area (Å²) in [4.78, 5) is 4.66. The molecule has 3 rings (SSSR count). The van der Waals surface area contributed by atoms with Crippen molar-refractivity contribution in [3.05, 3.63) is 64.9 Å². The fourth-order valence-electron chi connectivity index (χ4n) is 2.39. The van der Waals surface area contributed by atoms with Crippen LogP contribution < -0.4 is 5.32 Å². The second-order valence-corrected chi connectivity index (χ2v) is 6.25. The maximum atomic E-state index is 13.3. The average molecular weight is 300 g/mol. The van der Waals surface area contributed by atoms with Gasteiger partial charge in [-0.15, -0.1) is 11.3 Å². The van der Waals surface area contributed by atoms with Gasteiger partial charge in [0.15, 0.2) is 0 Å². The summed E-state index contributed by atoms with van der Waals surface area (Å²) in [6.45, 7) is 4.13. The van der Waals surface area contributed by atoms with Gasteiger partial charge in [0.2, 0.25) is 0 Å². The number of hydrogen-bond acceptors (Lipinski definition) is 3. The molecule has 1 aromatic heterocycles. The molecule has 0 saturated heterocycles. The van der Waals surface area contributed by atoms with Crippen LogP contribution in [0.25, 0.3) is 10.2 Å². The quantitative estimate of drug-likeness (QED) is 0.745. The van der Waals surface area contributed by atoms with E-state index in [2.05, 4.69) is 23.3 Å². The van der Waals surface area contributed by atoms with Crippen LogP contribution >= 0.6 is 11.3 Å². The van der Waals surface area contributed by atoms with Crippen LogP contribution in [0.2, 0.25) is 0 Å². The Morgan fingerprint density at radius 1 is 1.05 bits per heavy atom. The van der Waals surface area contributed by atoms with Crippen LogP contribution in [0.1, 0.15) is 36.5 Å². The molecule has 3 aromatic rings. The van der Waals surface area contributed by atoms with Crippen LogP contribution in [0, 0.1) is 5.82 Å². The van der Waals surface area contributed by atoms with Gasteiger partial charge in [0.1, 0.15) is 10.8 Å². The molecule has 0 aliphatic rings. The van der Waals surface area contributed by atoms with Gasteiger partial charge in [-0.05, 0) is 43.7 Å². The first-order chi connectivity index (χ1) is 10.1. The summed E-state index contributed by atoms with van der Waals surface area (Å²) in [6.07, 6.45) is 0. The first-order valence-electron chi connectivity index (χ1n) is 7.00. The Morgan fingerprint density at radius 3 is 2.62 bits per heavy atom. The van der Waals surface area contributed by atoms with Gasteiger partial charge in [-0.25, -0.2) is 9.37 Å². The molecule has 1 N–H and O–H groups in total. The summed E-state index contributed by atoms with van der Waals surface area (Å²) in [5.41, 5.74) is 1.98. The lowest BCUT2D eigenvalue weighted by molar-refractivity contribution is 0.491. The van der Waals surface area contributed by atoms with Gasteiger partial charge in [-0.2, -0.15) is 0 Å². The number of rotatable bonds is 4. The smallest absolute Gasteiger partial charge is 0.123 e. The molecule has 0 amide bonds. The summed E-state index contributed by atoms with van der Waals surface area (Å²) in [5.74, 6) is -0.200. The van der Waals surface area contributed by atoms with Gasteiger partial charge in [0, 0.05) is 6.04 Å². The van der Waals surface area contributed by atoms with E-state index in [1.54, 1.807) is 23.5 Å². The first-order valence-corrected chi connectivity index (χ1v) is 7.82. The maximum absolute atomic E-state index is 13.3. The summed E-state index contributed by atoms with van der Waals surface area (Å²) >= 11 is 1.70. The zero-order valence-electron chi connectivity index (χ0n) is 12.0. The molecule has 0 saturated carbocycles. The normalized spacial score (nSPS) is 14.2. The van der Waals surface area contributed by atoms with Crippen LogP contribution in [0.3, 0.4) is 0 Å². The zero-order valence-corrected chi connectivity index (χ0v) is 12.8. The number of nitrogens with zero attached hydrogens (tertiary/aromatic N) is 1. The van der Waals surface area contributed by atoms with E-state index in [9.17, 15) is 4.39 Å². The van der Waals surface area contributed by atoms with E-state index in [1.165, 1.54) is 10.8 Å². The number of fused-ring (bicyclic) bond motifs is 1. The summed E-state index contributed by atoms with van der Waals surface area (Å²) in [7, 11) is 0. The lowest BCUT2D eigenvalue weighted by Gasteiger charge is -2.18. The number of halogens is 1. The lowest BCUT2D eigenvalue weighted by Crippen LogP contribution is -2.22. The maximum Gasteiger partial charge on any atom is 0.123 e. The van der Waals surface area contributed by atoms with Gasteiger partial charge in [0.25, 0.3) is 0 Å². The molecular weight excluding hydrogens is 283 g/mol. The van der Waals surface area contributed by atoms with Crippen molar-refractivity contribution in [3.63, 3.8) is 0 Å². The van der Waals surface area contributed by atoms with Gasteiger partial charge in [-0.1, -0.05) is 24.3 Å². The fourth-order valence-corrected chi connectivity index (χ4v) is 3.37. The molecule has 0 aliphatic carbocycles. The van der Waals surface area contributed by atoms with E-state index in [-0.39, 0.29) is 17.9 Å². The largest absolute Gasteiger partial charge is 0.302 e. The Balaban J connectivity index is 1.77. The summed E-state index contributed by atoms with van der Waals surface area (Å²) in [5, 5.41) is 4.54. The molecular formula is C17H17FN2S. The first kappa shape index (κ1) is 14.2. The molecule has 0 aliphatic heterocycles. The second-order valence-electron chi connectivity index (χ2n) is 5.18. The highest BCUT2D eigenvalue weighted by Crippen LogP contribution is 2.27. The molecule has 4 heteroatoms. The van der Waals surface area contributed by atoms with Crippen molar-refractivity contribution >= 4 is 21.6 Å². The minimum atomic E-state index is -0.200. The molecule has 1 heterocycles. The van der Waals surface area contributed by atoms with E-state index in [4.69, 9.17) is 0 Å². The second kappa shape index (κ2) is 5.92. The van der Waals surface area contributed by atoms with Gasteiger partial charge >= 0.3 is 0 Å². The molecule has 2 nitrogen and oxygen atoms in total. The Kier molecular flexibility index (Phi) is 3.99. The highest BCUT2D eigenvalue weighted by atomic mass is 32.1. The van der Waals surface area contributed by atoms with Gasteiger partial charge < -0.3 is 5.32 Å². The molecule has 108 valence electrons. The van der Waals surface area contributed by atoms with Gasteiger partial charge in [-0.3, -0.25) is 0 Å². The third-order valence-corrected chi connectivity index (χ3v) is 4.75. The highest BCUT2D eigenvalue weighted by molar-refractivity contribution is 7.18. The van der Waals surface area contributed by atoms with Crippen molar-refractivity contribution < 1.29 is 4.39 Å². The van der Waals surface area contributed by atoms with Crippen LogP contribution in [0.4, 0.5) is 4.39 Å². The van der Waals surface area contributed by atoms with E-state index < -0.39 is 0 Å². The minimum absolute atomic E-state index is 0.0720. The van der Waals surface area contributed by atoms with Crippen molar-refractivity contribution in [2.75, 3.05) is 0 Å². The topological polar surface area (TPSA) is 24.9 Å². The molecule has 2 unspecified atom stereocenters. The van der Waals surface area contributed by atoms with Crippen molar-refractivity contribution in [1.29, 1.82) is 0 Å². The SMILES string of the molecule is CC(NC(C)c1nc2ccccc2s1)c1cccc(F)c1. The molecule has 2 aromatic carbocycles. The van der Waals surface area contributed by atoms with Crippen LogP contribution in [0.5, 0.6) is 0 Å². The summed E-state index contributed by atoms with van der Waals surface area (Å²) in [6, 6.07) is 15.0. The Labute approximate surface area is 127 Å². The number of thiazole rings is 1. The molecule has 0 spiro atoms. The lowest BCUT2D eigenvalue weighted by atomic mass is 10.1. The Hall–Kier alpha value is -1.78. The molecule has 0 fully saturated rings. The van der Waals surface area contributed by atoms with Gasteiger partial charge in [0.05, 0.1) is 16.3 Å². The molecule has 21 heavy (non-hydrogen) atoms. The van der Waals surface area contributed by atoms with E-state index in [1.807, 2.05) is 31.2 Å². The van der Waals surface area contributed by atoms with E-state index in [0.29, 0.717) is 0 Å². The predicted molar refractivity (Wildman–Crippen MR) is 86.0 cm³/mol. The number of nitrogens with one attached hydrogen (secondary N) is 1. The molecule has 0 radical (unpaired) electrons. The van der Waals surface area contributed by atoms with Crippen molar-refractivity contribution in [2.24, 2.45) is 0 Å². The number of hydrogen-bond donors (Lipinski definition) is 1. The highest BCUT2D eigenvalue weighted by Gasteiger charge is 2.15. The van der Waals surface area contributed by atoms with E-state index in [0.717, 1.165) is 16.1 Å². The van der Waals surface area contributed by atoms with E-state index >= 15 is 0 Å². The van der Waals surface area contributed by atoms with Crippen molar-refractivity contribution in [2.45, 2.75) is 25.9 Å². The number of aromatic nitrogens is 1. The predicted octanol–water partition coefficient (Wildman–Crippen LogP) is 4.85. The van der Waals surface area contributed by atoms with Crippen LogP contribution in [-0.2, 0) is 0 Å². The van der Waals surface area contributed by atoms with Crippen LogP contribution in [0.15, 0.2) is 48.5 Å². The Morgan fingerprint density at radius 2 is 1.86 bits per heavy atom. The average Bonchev–Trinajstić information content (AvgIpc) is 2.91. The minimum Gasteiger partial charge on any atom is -0.302 e. The zero-order chi connectivity index (χ0) is 14.8. The van der Waals surface area contributed by atoms with Crippen LogP contribution in [-0.4, -0.2) is 4.98 Å². The third-order valence-electron chi connectivity index (χ3n) is 3.53. The third kappa shape index (κ3) is 3.12. The monoisotopic (exact) mass is 300 g/mol. The van der Waals surface area contributed by atoms with Crippen molar-refractivity contribution in [3.8, 4) is 0 Å². The molecule has 2 atom stereocenters. The Bertz CT molecular complexity index is 720.